The van der Waals surface area contributed by atoms with Crippen molar-refractivity contribution in [2.75, 3.05) is 7.11 Å². The van der Waals surface area contributed by atoms with Gasteiger partial charge in [-0.3, -0.25) is 4.79 Å². The number of carbonyl (C=O) groups excluding carboxylic acids is 1. The molecule has 0 amide bonds. The monoisotopic (exact) mass is 190 g/mol. The van der Waals surface area contributed by atoms with Gasteiger partial charge in [-0.2, -0.15) is 0 Å². The molecule has 0 aliphatic carbocycles. The molecule has 0 radical (unpaired) electrons. The van der Waals surface area contributed by atoms with Gasteiger partial charge in [0.2, 0.25) is 5.88 Å². The molecule has 2 heterocycles. The van der Waals surface area contributed by atoms with Gasteiger partial charge >= 0.3 is 0 Å². The molecular weight excluding hydrogens is 180 g/mol. The molecule has 0 aliphatic heterocycles. The van der Waals surface area contributed by atoms with Gasteiger partial charge in [0.1, 0.15) is 5.52 Å². The fraction of sp³-hybridized carbons (Fsp3) is 0.200. The molecule has 14 heavy (non-hydrogen) atoms. The van der Waals surface area contributed by atoms with Crippen LogP contribution in [0.5, 0.6) is 5.88 Å². The highest BCUT2D eigenvalue weighted by atomic mass is 16.5. The second kappa shape index (κ2) is 3.14. The Hall–Kier alpha value is -1.84. The largest absolute Gasteiger partial charge is 0.479 e. The Labute approximate surface area is 81.1 Å². The van der Waals surface area contributed by atoms with Crippen molar-refractivity contribution < 1.29 is 9.53 Å². The number of carbonyl (C=O) groups is 1. The van der Waals surface area contributed by atoms with E-state index in [0.717, 1.165) is 17.2 Å². The number of aldehydes is 1. The van der Waals surface area contributed by atoms with Gasteiger partial charge in [0.25, 0.3) is 0 Å². The van der Waals surface area contributed by atoms with Crippen LogP contribution in [0.3, 0.4) is 0 Å². The van der Waals surface area contributed by atoms with Crippen LogP contribution in [0.2, 0.25) is 0 Å². The minimum absolute atomic E-state index is 0.540. The fourth-order valence-corrected chi connectivity index (χ4v) is 1.55. The molecule has 0 saturated heterocycles. The van der Waals surface area contributed by atoms with Crippen molar-refractivity contribution in [1.82, 2.24) is 9.55 Å². The van der Waals surface area contributed by atoms with Gasteiger partial charge in [-0.25, -0.2) is 4.98 Å². The molecular formula is C10H10N2O2. The van der Waals surface area contributed by atoms with Crippen LogP contribution in [0.25, 0.3) is 10.9 Å². The molecule has 0 fully saturated rings. The quantitative estimate of drug-likeness (QED) is 0.672. The third kappa shape index (κ3) is 1.08. The van der Waals surface area contributed by atoms with E-state index in [1.54, 1.807) is 17.9 Å². The van der Waals surface area contributed by atoms with E-state index in [4.69, 9.17) is 4.74 Å². The van der Waals surface area contributed by atoms with E-state index in [0.29, 0.717) is 11.6 Å². The lowest BCUT2D eigenvalue weighted by Crippen LogP contribution is -1.96. The Morgan fingerprint density at radius 3 is 3.00 bits per heavy atom. The van der Waals surface area contributed by atoms with Gasteiger partial charge in [0.05, 0.1) is 12.8 Å². The second-order valence-corrected chi connectivity index (χ2v) is 3.00. The predicted octanol–water partition coefficient (Wildman–Crippen LogP) is 1.39. The molecule has 0 unspecified atom stereocenters. The first-order valence-electron chi connectivity index (χ1n) is 4.21. The van der Waals surface area contributed by atoms with Crippen LogP contribution in [0.15, 0.2) is 18.3 Å². The molecule has 72 valence electrons. The van der Waals surface area contributed by atoms with Crippen LogP contribution in [0.4, 0.5) is 0 Å². The molecule has 0 aromatic carbocycles. The zero-order valence-electron chi connectivity index (χ0n) is 8.02. The summed E-state index contributed by atoms with van der Waals surface area (Å²) in [6.07, 6.45) is 2.48. The molecule has 2 aromatic rings. The second-order valence-electron chi connectivity index (χ2n) is 3.00. The minimum atomic E-state index is 0.540. The summed E-state index contributed by atoms with van der Waals surface area (Å²) in [5, 5.41) is 0.960. The Morgan fingerprint density at radius 1 is 1.57 bits per heavy atom. The van der Waals surface area contributed by atoms with Gasteiger partial charge in [-0.1, -0.05) is 0 Å². The van der Waals surface area contributed by atoms with E-state index < -0.39 is 0 Å². The van der Waals surface area contributed by atoms with Crippen molar-refractivity contribution in [3.8, 4) is 5.88 Å². The summed E-state index contributed by atoms with van der Waals surface area (Å²) in [5.41, 5.74) is 1.46. The lowest BCUT2D eigenvalue weighted by Gasteiger charge is -2.03. The van der Waals surface area contributed by atoms with E-state index >= 15 is 0 Å². The summed E-state index contributed by atoms with van der Waals surface area (Å²) in [4.78, 5) is 14.8. The van der Waals surface area contributed by atoms with Crippen LogP contribution < -0.4 is 4.74 Å². The molecule has 0 spiro atoms. The molecule has 2 aromatic heterocycles. The molecule has 0 N–H and O–H groups in total. The van der Waals surface area contributed by atoms with Crippen molar-refractivity contribution in [2.24, 2.45) is 7.05 Å². The van der Waals surface area contributed by atoms with E-state index in [1.165, 1.54) is 0 Å². The maximum Gasteiger partial charge on any atom is 0.238 e. The zero-order chi connectivity index (χ0) is 10.1. The van der Waals surface area contributed by atoms with Crippen molar-refractivity contribution in [1.29, 1.82) is 0 Å². The van der Waals surface area contributed by atoms with Crippen LogP contribution in [-0.4, -0.2) is 22.9 Å². The normalized spacial score (nSPS) is 10.4. The van der Waals surface area contributed by atoms with E-state index in [9.17, 15) is 4.79 Å². The zero-order valence-corrected chi connectivity index (χ0v) is 8.02. The molecule has 0 bridgehead atoms. The predicted molar refractivity (Wildman–Crippen MR) is 52.7 cm³/mol. The van der Waals surface area contributed by atoms with Gasteiger partial charge in [-0.15, -0.1) is 0 Å². The van der Waals surface area contributed by atoms with Crippen molar-refractivity contribution in [3.63, 3.8) is 0 Å². The highest BCUT2D eigenvalue weighted by Gasteiger charge is 2.09. The van der Waals surface area contributed by atoms with Gasteiger partial charge in [0, 0.05) is 18.6 Å². The summed E-state index contributed by atoms with van der Waals surface area (Å²) in [6.45, 7) is 0. The number of methoxy groups -OCH3 is 1. The minimum Gasteiger partial charge on any atom is -0.479 e. The van der Waals surface area contributed by atoms with Crippen LogP contribution in [-0.2, 0) is 7.05 Å². The Morgan fingerprint density at radius 2 is 2.36 bits per heavy atom. The highest BCUT2D eigenvalue weighted by Crippen LogP contribution is 2.24. The summed E-state index contributed by atoms with van der Waals surface area (Å²) in [6, 6.07) is 3.66. The fourth-order valence-electron chi connectivity index (χ4n) is 1.55. The van der Waals surface area contributed by atoms with Crippen molar-refractivity contribution >= 4 is 17.2 Å². The third-order valence-electron chi connectivity index (χ3n) is 2.26. The van der Waals surface area contributed by atoms with Gasteiger partial charge in [-0.05, 0) is 12.1 Å². The Bertz CT molecular complexity index is 488. The summed E-state index contributed by atoms with van der Waals surface area (Å²) in [7, 11) is 3.38. The average molecular weight is 190 g/mol. The first kappa shape index (κ1) is 8.74. The summed E-state index contributed by atoms with van der Waals surface area (Å²) in [5.74, 6) is 0.540. The van der Waals surface area contributed by atoms with E-state index in [2.05, 4.69) is 4.98 Å². The van der Waals surface area contributed by atoms with Crippen LogP contribution >= 0.6 is 0 Å². The lowest BCUT2D eigenvalue weighted by atomic mass is 10.3. The molecule has 0 aliphatic rings. The SMILES string of the molecule is COc1nccc2cc(C=O)n(C)c12. The maximum atomic E-state index is 10.7. The van der Waals surface area contributed by atoms with E-state index in [1.807, 2.05) is 19.2 Å². The highest BCUT2D eigenvalue weighted by molar-refractivity contribution is 5.91. The van der Waals surface area contributed by atoms with Crippen molar-refractivity contribution in [3.05, 3.63) is 24.0 Å². The average Bonchev–Trinajstić information content (AvgIpc) is 2.55. The van der Waals surface area contributed by atoms with Crippen LogP contribution in [0, 0.1) is 0 Å². The first-order valence-corrected chi connectivity index (χ1v) is 4.21. The van der Waals surface area contributed by atoms with Crippen molar-refractivity contribution in [2.45, 2.75) is 0 Å². The number of aryl methyl sites for hydroxylation is 1. The maximum absolute atomic E-state index is 10.7. The van der Waals surface area contributed by atoms with Gasteiger partial charge < -0.3 is 9.30 Å². The third-order valence-corrected chi connectivity index (χ3v) is 2.26. The first-order chi connectivity index (χ1) is 6.77. The molecule has 0 atom stereocenters. The molecule has 4 nitrogen and oxygen atoms in total. The van der Waals surface area contributed by atoms with Gasteiger partial charge in [0.15, 0.2) is 6.29 Å². The lowest BCUT2D eigenvalue weighted by molar-refractivity contribution is 0.111. The summed E-state index contributed by atoms with van der Waals surface area (Å²) >= 11 is 0. The molecule has 2 rings (SSSR count). The van der Waals surface area contributed by atoms with E-state index in [-0.39, 0.29) is 0 Å². The number of nitrogens with zero attached hydrogens (tertiary/aromatic N) is 2. The standard InChI is InChI=1S/C10H10N2O2/c1-12-8(6-13)5-7-3-4-11-10(14-2)9(7)12/h3-6H,1-2H3. The number of hydrogen-bond acceptors (Lipinski definition) is 3. The molecule has 0 saturated carbocycles. The number of hydrogen-bond donors (Lipinski definition) is 0. The topological polar surface area (TPSA) is 44.1 Å². The number of ether oxygens (including phenoxy) is 1. The number of aromatic nitrogens is 2. The van der Waals surface area contributed by atoms with Crippen LogP contribution in [0.1, 0.15) is 10.5 Å². The number of pyridine rings is 1. The molecule has 4 heteroatoms. The smallest absolute Gasteiger partial charge is 0.238 e. The Balaban J connectivity index is 2.85. The number of fused-ring (bicyclic) bond motifs is 1. The summed E-state index contributed by atoms with van der Waals surface area (Å²) < 4.78 is 6.89. The number of rotatable bonds is 2. The Kier molecular flexibility index (Phi) is 1.96.